The Kier molecular flexibility index (Phi) is 4.57. The second kappa shape index (κ2) is 6.93. The minimum atomic E-state index is -2.76. The molecule has 2 aromatic rings. The topological polar surface area (TPSA) is 109 Å². The number of alkyl halides is 2. The molecule has 2 N–H and O–H groups in total. The van der Waals surface area contributed by atoms with Gasteiger partial charge in [0.15, 0.2) is 22.8 Å². The molecule has 1 unspecified atom stereocenters. The van der Waals surface area contributed by atoms with Crippen LogP contribution in [-0.4, -0.2) is 53.3 Å². The highest BCUT2D eigenvalue weighted by molar-refractivity contribution is 7.17. The lowest BCUT2D eigenvalue weighted by molar-refractivity contribution is -0.123. The van der Waals surface area contributed by atoms with Crippen LogP contribution in [-0.2, 0) is 16.1 Å². The fourth-order valence-corrected chi connectivity index (χ4v) is 3.95. The fourth-order valence-electron chi connectivity index (χ4n) is 2.92. The van der Waals surface area contributed by atoms with Gasteiger partial charge in [-0.3, -0.25) is 4.79 Å². The van der Waals surface area contributed by atoms with Gasteiger partial charge in [0.25, 0.3) is 12.3 Å². The highest BCUT2D eigenvalue weighted by atomic mass is 32.1. The van der Waals surface area contributed by atoms with Gasteiger partial charge in [0.05, 0.1) is 6.54 Å². The van der Waals surface area contributed by atoms with Crippen LogP contribution < -0.4 is 20.1 Å². The van der Waals surface area contributed by atoms with E-state index < -0.39 is 37.2 Å². The van der Waals surface area contributed by atoms with Crippen molar-refractivity contribution in [2.24, 2.45) is 5.73 Å². The van der Waals surface area contributed by atoms with Gasteiger partial charge in [0, 0.05) is 12.3 Å². The lowest BCUT2D eigenvalue weighted by Gasteiger charge is -2.17. The number of primary amides is 1. The highest BCUT2D eigenvalue weighted by Crippen LogP contribution is 2.44. The lowest BCUT2D eigenvalue weighted by atomic mass is 10.3. The van der Waals surface area contributed by atoms with Crippen LogP contribution >= 0.6 is 11.3 Å². The first-order valence-electron chi connectivity index (χ1n) is 8.39. The maximum absolute atomic E-state index is 13.2. The fraction of sp³-hybridized carbons (Fsp3) is 0.438. The van der Waals surface area contributed by atoms with Gasteiger partial charge in [-0.25, -0.2) is 23.5 Å². The molecule has 0 spiro atoms. The van der Waals surface area contributed by atoms with Crippen molar-refractivity contribution in [2.45, 2.75) is 32.0 Å². The Bertz CT molecular complexity index is 930. The second-order valence-corrected chi connectivity index (χ2v) is 7.25. The molecule has 28 heavy (non-hydrogen) atoms. The number of halogens is 2. The molecule has 4 rings (SSSR count). The molecule has 2 atom stereocenters. The molecule has 0 aliphatic carbocycles. The average Bonchev–Trinajstić information content (AvgIpc) is 3.30. The third-order valence-corrected chi connectivity index (χ3v) is 5.37. The van der Waals surface area contributed by atoms with Crippen LogP contribution in [0.1, 0.15) is 6.92 Å². The molecule has 0 radical (unpaired) electrons. The smallest absolute Gasteiger partial charge is 0.416 e. The van der Waals surface area contributed by atoms with Crippen molar-refractivity contribution >= 4 is 29.2 Å². The van der Waals surface area contributed by atoms with Crippen LogP contribution in [0.25, 0.3) is 10.7 Å². The van der Waals surface area contributed by atoms with Crippen LogP contribution in [0.15, 0.2) is 12.3 Å². The van der Waals surface area contributed by atoms with Crippen LogP contribution in [0.3, 0.4) is 0 Å². The monoisotopic (exact) mass is 414 g/mol. The molecule has 1 saturated heterocycles. The Morgan fingerprint density at radius 2 is 2.25 bits per heavy atom. The zero-order valence-electron chi connectivity index (χ0n) is 14.6. The number of hydrogen-bond donors (Lipinski definition) is 1. The van der Waals surface area contributed by atoms with E-state index in [0.29, 0.717) is 34.7 Å². The summed E-state index contributed by atoms with van der Waals surface area (Å²) in [6, 6.07) is 0.233. The lowest BCUT2D eigenvalue weighted by Crippen LogP contribution is -2.38. The maximum atomic E-state index is 13.2. The molecule has 4 heterocycles. The first kappa shape index (κ1) is 18.5. The summed E-state index contributed by atoms with van der Waals surface area (Å²) >= 11 is 1.18. The quantitative estimate of drug-likeness (QED) is 0.800. The number of amides is 2. The van der Waals surface area contributed by atoms with Gasteiger partial charge in [-0.1, -0.05) is 11.3 Å². The number of imidazole rings is 1. The minimum Gasteiger partial charge on any atom is -0.490 e. The molecule has 2 aliphatic heterocycles. The third kappa shape index (κ3) is 3.13. The number of anilines is 1. The molecular weight excluding hydrogens is 398 g/mol. The normalized spacial score (nSPS) is 19.5. The van der Waals surface area contributed by atoms with Crippen LogP contribution in [0.5, 0.6) is 10.8 Å². The predicted molar refractivity (Wildman–Crippen MR) is 93.9 cm³/mol. The van der Waals surface area contributed by atoms with Gasteiger partial charge in [0.2, 0.25) is 0 Å². The summed E-state index contributed by atoms with van der Waals surface area (Å²) in [6.07, 6.45) is -2.93. The van der Waals surface area contributed by atoms with E-state index in [1.807, 2.05) is 0 Å². The summed E-state index contributed by atoms with van der Waals surface area (Å²) in [5.41, 5.74) is 5.21. The zero-order chi connectivity index (χ0) is 20.0. The predicted octanol–water partition coefficient (Wildman–Crippen LogP) is 1.85. The molecule has 0 aromatic carbocycles. The van der Waals surface area contributed by atoms with Crippen LogP contribution in [0, 0.1) is 0 Å². The number of carbonyl (C=O) groups excluding carboxylic acids is 2. The molecule has 12 heteroatoms. The molecule has 2 aliphatic rings. The number of rotatable bonds is 5. The van der Waals surface area contributed by atoms with Gasteiger partial charge in [-0.2, -0.15) is 0 Å². The number of hydrogen-bond acceptors (Lipinski definition) is 7. The van der Waals surface area contributed by atoms with Gasteiger partial charge >= 0.3 is 6.09 Å². The van der Waals surface area contributed by atoms with Gasteiger partial charge in [-0.15, -0.1) is 0 Å². The largest absolute Gasteiger partial charge is 0.490 e. The van der Waals surface area contributed by atoms with Crippen molar-refractivity contribution in [3.05, 3.63) is 12.3 Å². The van der Waals surface area contributed by atoms with Crippen molar-refractivity contribution in [2.75, 3.05) is 18.1 Å². The summed E-state index contributed by atoms with van der Waals surface area (Å²) in [5, 5.41) is 0.403. The van der Waals surface area contributed by atoms with Crippen molar-refractivity contribution in [1.29, 1.82) is 0 Å². The van der Waals surface area contributed by atoms with E-state index >= 15 is 0 Å². The van der Waals surface area contributed by atoms with Crippen molar-refractivity contribution < 1.29 is 32.6 Å². The second-order valence-electron chi connectivity index (χ2n) is 6.23. The summed E-state index contributed by atoms with van der Waals surface area (Å²) in [6.45, 7) is 1.85. The van der Waals surface area contributed by atoms with E-state index in [2.05, 4.69) is 4.98 Å². The Morgan fingerprint density at radius 1 is 1.46 bits per heavy atom. The van der Waals surface area contributed by atoms with Crippen LogP contribution in [0.2, 0.25) is 0 Å². The van der Waals surface area contributed by atoms with Gasteiger partial charge in [0.1, 0.15) is 29.9 Å². The van der Waals surface area contributed by atoms with E-state index in [4.69, 9.17) is 19.9 Å². The zero-order valence-corrected chi connectivity index (χ0v) is 15.4. The number of aromatic nitrogens is 2. The molecule has 2 amide bonds. The highest BCUT2D eigenvalue weighted by Gasteiger charge is 2.42. The summed E-state index contributed by atoms with van der Waals surface area (Å²) in [5.74, 6) is 0.402. The standard InChI is InChI=1S/C16H16F2N4O5S/c1-7(14(19)23)27-11-4-9-12(28-11)15-20-10(5-21(15)2-3-25-9)22-8(13(17)18)6-26-16(22)24/h4-5,7-8,13H,2-3,6H2,1H3,(H2,19,23)/t7-,8?/m0/s1. The number of carbonyl (C=O) groups is 2. The Balaban J connectivity index is 1.69. The van der Waals surface area contributed by atoms with Crippen molar-refractivity contribution in [1.82, 2.24) is 9.55 Å². The molecule has 9 nitrogen and oxygen atoms in total. The Morgan fingerprint density at radius 3 is 2.96 bits per heavy atom. The molecule has 2 aromatic heterocycles. The van der Waals surface area contributed by atoms with E-state index in [1.165, 1.54) is 24.5 Å². The van der Waals surface area contributed by atoms with E-state index in [9.17, 15) is 18.4 Å². The summed E-state index contributed by atoms with van der Waals surface area (Å²) in [7, 11) is 0. The van der Waals surface area contributed by atoms with Crippen molar-refractivity contribution in [3.8, 4) is 21.5 Å². The molecule has 0 saturated carbocycles. The first-order chi connectivity index (χ1) is 13.3. The summed E-state index contributed by atoms with van der Waals surface area (Å²) < 4.78 is 44.2. The third-order valence-electron chi connectivity index (χ3n) is 4.37. The van der Waals surface area contributed by atoms with Gasteiger partial charge in [-0.05, 0) is 6.92 Å². The van der Waals surface area contributed by atoms with E-state index in [1.54, 1.807) is 10.6 Å². The number of nitrogens with zero attached hydrogens (tertiary/aromatic N) is 3. The molecule has 1 fully saturated rings. The van der Waals surface area contributed by atoms with E-state index in [-0.39, 0.29) is 5.82 Å². The SMILES string of the molecule is C[C@H](Oc1cc2c(s1)-c1nc(N3C(=O)OCC3C(F)F)cn1CCO2)C(N)=O. The number of cyclic esters (lactones) is 1. The Labute approximate surface area is 161 Å². The number of nitrogens with two attached hydrogens (primary N) is 1. The van der Waals surface area contributed by atoms with E-state index in [0.717, 1.165) is 4.90 Å². The van der Waals surface area contributed by atoms with Crippen LogP contribution in [0.4, 0.5) is 19.4 Å². The number of ether oxygens (including phenoxy) is 3. The summed E-state index contributed by atoms with van der Waals surface area (Å²) in [4.78, 5) is 29.0. The molecule has 150 valence electrons. The average molecular weight is 414 g/mol. The molecular formula is C16H16F2N4O5S. The van der Waals surface area contributed by atoms with Crippen molar-refractivity contribution in [3.63, 3.8) is 0 Å². The maximum Gasteiger partial charge on any atom is 0.416 e. The number of thiophene rings is 1. The molecule has 0 bridgehead atoms. The van der Waals surface area contributed by atoms with Gasteiger partial charge < -0.3 is 24.5 Å². The first-order valence-corrected chi connectivity index (χ1v) is 9.21. The Hall–Kier alpha value is -2.89. The minimum absolute atomic E-state index is 0.0806. The number of fused-ring (bicyclic) bond motifs is 3.